The molecule has 1 fully saturated rings. The summed E-state index contributed by atoms with van der Waals surface area (Å²) in [5, 5.41) is 8.76. The highest BCUT2D eigenvalue weighted by molar-refractivity contribution is 5.70. The minimum absolute atomic E-state index is 0.0000680. The summed E-state index contributed by atoms with van der Waals surface area (Å²) in [4.78, 5) is 10.7. The van der Waals surface area contributed by atoms with Crippen molar-refractivity contribution in [2.24, 2.45) is 0 Å². The van der Waals surface area contributed by atoms with Crippen molar-refractivity contribution in [3.8, 4) is 11.5 Å². The van der Waals surface area contributed by atoms with E-state index in [-0.39, 0.29) is 12.5 Å². The van der Waals surface area contributed by atoms with Gasteiger partial charge in [0.05, 0.1) is 19.6 Å². The molecule has 1 aliphatic carbocycles. The van der Waals surface area contributed by atoms with Gasteiger partial charge in [0.1, 0.15) is 0 Å². The fraction of sp³-hybridized carbons (Fsp3) is 0.500. The van der Waals surface area contributed by atoms with Gasteiger partial charge in [-0.25, -0.2) is 0 Å². The van der Waals surface area contributed by atoms with Crippen LogP contribution in [0.5, 0.6) is 11.5 Å². The van der Waals surface area contributed by atoms with Crippen molar-refractivity contribution in [3.05, 3.63) is 23.8 Å². The zero-order chi connectivity index (χ0) is 13.0. The smallest absolute Gasteiger partial charge is 0.307 e. The predicted molar refractivity (Wildman–Crippen MR) is 67.2 cm³/mol. The normalized spacial score (nSPS) is 15.6. The van der Waals surface area contributed by atoms with Crippen molar-refractivity contribution >= 4 is 5.97 Å². The highest BCUT2D eigenvalue weighted by Gasteiger charge is 2.18. The zero-order valence-electron chi connectivity index (χ0n) is 10.5. The molecule has 0 aliphatic heterocycles. The topological polar surface area (TPSA) is 55.8 Å². The molecule has 1 aromatic rings. The molecule has 1 N–H and O–H groups in total. The lowest BCUT2D eigenvalue weighted by Crippen LogP contribution is -2.11. The van der Waals surface area contributed by atoms with Gasteiger partial charge < -0.3 is 14.6 Å². The zero-order valence-corrected chi connectivity index (χ0v) is 10.5. The number of ether oxygens (including phenoxy) is 2. The van der Waals surface area contributed by atoms with E-state index in [9.17, 15) is 4.79 Å². The van der Waals surface area contributed by atoms with Gasteiger partial charge in [0, 0.05) is 0 Å². The second-order valence-corrected chi connectivity index (χ2v) is 4.58. The molecule has 0 bridgehead atoms. The van der Waals surface area contributed by atoms with Crippen LogP contribution in [0, 0.1) is 0 Å². The number of carboxylic acid groups (broad SMARTS) is 1. The highest BCUT2D eigenvalue weighted by atomic mass is 16.5. The first-order valence-electron chi connectivity index (χ1n) is 6.24. The minimum Gasteiger partial charge on any atom is -0.493 e. The van der Waals surface area contributed by atoms with Gasteiger partial charge in [0.2, 0.25) is 0 Å². The van der Waals surface area contributed by atoms with E-state index in [2.05, 4.69) is 0 Å². The molecule has 1 aliphatic rings. The molecule has 0 radical (unpaired) electrons. The lowest BCUT2D eigenvalue weighted by molar-refractivity contribution is -0.136. The van der Waals surface area contributed by atoms with Crippen LogP contribution in [0.15, 0.2) is 18.2 Å². The van der Waals surface area contributed by atoms with Gasteiger partial charge in [-0.1, -0.05) is 6.07 Å². The van der Waals surface area contributed by atoms with Crippen molar-refractivity contribution in [1.82, 2.24) is 0 Å². The van der Waals surface area contributed by atoms with Crippen LogP contribution in [0.4, 0.5) is 0 Å². The van der Waals surface area contributed by atoms with Gasteiger partial charge in [0.15, 0.2) is 11.5 Å². The molecule has 0 spiro atoms. The largest absolute Gasteiger partial charge is 0.493 e. The van der Waals surface area contributed by atoms with Gasteiger partial charge in [-0.2, -0.15) is 0 Å². The van der Waals surface area contributed by atoms with E-state index in [1.165, 1.54) is 12.8 Å². The summed E-state index contributed by atoms with van der Waals surface area (Å²) in [6, 6.07) is 5.31. The van der Waals surface area contributed by atoms with Crippen LogP contribution in [-0.4, -0.2) is 24.3 Å². The molecule has 4 heteroatoms. The molecule has 2 rings (SSSR count). The second-order valence-electron chi connectivity index (χ2n) is 4.58. The first-order valence-corrected chi connectivity index (χ1v) is 6.24. The van der Waals surface area contributed by atoms with E-state index >= 15 is 0 Å². The molecule has 4 nitrogen and oxygen atoms in total. The fourth-order valence-corrected chi connectivity index (χ4v) is 2.28. The van der Waals surface area contributed by atoms with Crippen molar-refractivity contribution in [2.45, 2.75) is 38.2 Å². The summed E-state index contributed by atoms with van der Waals surface area (Å²) in [7, 11) is 1.57. The number of hydrogen-bond donors (Lipinski definition) is 1. The summed E-state index contributed by atoms with van der Waals surface area (Å²) in [5.41, 5.74) is 0.720. The van der Waals surface area contributed by atoms with Crippen LogP contribution in [-0.2, 0) is 11.2 Å². The maximum absolute atomic E-state index is 10.7. The number of methoxy groups -OCH3 is 1. The number of aliphatic carboxylic acids is 1. The molecule has 0 heterocycles. The van der Waals surface area contributed by atoms with E-state index in [1.54, 1.807) is 25.3 Å². The molecule has 0 atom stereocenters. The van der Waals surface area contributed by atoms with E-state index in [1.807, 2.05) is 0 Å². The van der Waals surface area contributed by atoms with Crippen molar-refractivity contribution < 1.29 is 19.4 Å². The van der Waals surface area contributed by atoms with Crippen LogP contribution < -0.4 is 9.47 Å². The molecule has 98 valence electrons. The van der Waals surface area contributed by atoms with Crippen molar-refractivity contribution in [1.29, 1.82) is 0 Å². The van der Waals surface area contributed by atoms with E-state index in [4.69, 9.17) is 14.6 Å². The summed E-state index contributed by atoms with van der Waals surface area (Å²) in [5.74, 6) is 0.473. The Hall–Kier alpha value is -1.71. The number of benzene rings is 1. The predicted octanol–water partition coefficient (Wildman–Crippen LogP) is 2.64. The Morgan fingerprint density at radius 3 is 2.67 bits per heavy atom. The van der Waals surface area contributed by atoms with Gasteiger partial charge in [0.25, 0.3) is 0 Å². The van der Waals surface area contributed by atoms with E-state index in [0.717, 1.165) is 18.4 Å². The number of rotatable bonds is 5. The van der Waals surface area contributed by atoms with Gasteiger partial charge >= 0.3 is 5.97 Å². The second kappa shape index (κ2) is 5.76. The molecule has 18 heavy (non-hydrogen) atoms. The van der Waals surface area contributed by atoms with Crippen LogP contribution in [0.25, 0.3) is 0 Å². The molecule has 0 amide bonds. The summed E-state index contributed by atoms with van der Waals surface area (Å²) >= 11 is 0. The Morgan fingerprint density at radius 2 is 2.06 bits per heavy atom. The molecule has 0 unspecified atom stereocenters. The third kappa shape index (κ3) is 3.15. The molecule has 1 saturated carbocycles. The number of hydrogen-bond acceptors (Lipinski definition) is 3. The molecular formula is C14H18O4. The monoisotopic (exact) mass is 250 g/mol. The van der Waals surface area contributed by atoms with Crippen LogP contribution in [0.2, 0.25) is 0 Å². The molecule has 1 aromatic carbocycles. The summed E-state index contributed by atoms with van der Waals surface area (Å²) in [6.07, 6.45) is 4.86. The first kappa shape index (κ1) is 12.7. The Morgan fingerprint density at radius 1 is 1.33 bits per heavy atom. The average Bonchev–Trinajstić information content (AvgIpc) is 2.83. The highest BCUT2D eigenvalue weighted by Crippen LogP contribution is 2.32. The third-order valence-electron chi connectivity index (χ3n) is 3.18. The maximum atomic E-state index is 10.7. The summed E-state index contributed by atoms with van der Waals surface area (Å²) < 4.78 is 11.1. The van der Waals surface area contributed by atoms with E-state index in [0.29, 0.717) is 11.5 Å². The van der Waals surface area contributed by atoms with Gasteiger partial charge in [-0.3, -0.25) is 4.79 Å². The quantitative estimate of drug-likeness (QED) is 0.872. The Balaban J connectivity index is 2.11. The lowest BCUT2D eigenvalue weighted by atomic mass is 10.1. The van der Waals surface area contributed by atoms with Crippen LogP contribution in [0.1, 0.15) is 31.2 Å². The van der Waals surface area contributed by atoms with Crippen LogP contribution >= 0.6 is 0 Å². The molecule has 0 aromatic heterocycles. The Kier molecular flexibility index (Phi) is 4.07. The Labute approximate surface area is 107 Å². The lowest BCUT2D eigenvalue weighted by Gasteiger charge is -2.16. The molecule has 0 saturated heterocycles. The third-order valence-corrected chi connectivity index (χ3v) is 3.18. The van der Waals surface area contributed by atoms with E-state index < -0.39 is 5.97 Å². The maximum Gasteiger partial charge on any atom is 0.307 e. The fourth-order valence-electron chi connectivity index (χ4n) is 2.28. The number of carbonyl (C=O) groups is 1. The van der Waals surface area contributed by atoms with Crippen LogP contribution in [0.3, 0.4) is 0 Å². The standard InChI is InChI=1S/C14H18O4/c1-17-13-8-10(9-14(15)16)6-7-12(13)18-11-4-2-3-5-11/h6-8,11H,2-5,9H2,1H3,(H,15,16). The Bertz CT molecular complexity index is 422. The minimum atomic E-state index is -0.846. The van der Waals surface area contributed by atoms with Gasteiger partial charge in [-0.15, -0.1) is 0 Å². The van der Waals surface area contributed by atoms with Gasteiger partial charge in [-0.05, 0) is 43.4 Å². The SMILES string of the molecule is COc1cc(CC(=O)O)ccc1OC1CCCC1. The molecular weight excluding hydrogens is 232 g/mol. The summed E-state index contributed by atoms with van der Waals surface area (Å²) in [6.45, 7) is 0. The number of carboxylic acids is 1. The average molecular weight is 250 g/mol. The van der Waals surface area contributed by atoms with Crippen molar-refractivity contribution in [3.63, 3.8) is 0 Å². The van der Waals surface area contributed by atoms with Crippen molar-refractivity contribution in [2.75, 3.05) is 7.11 Å². The first-order chi connectivity index (χ1) is 8.69.